The lowest BCUT2D eigenvalue weighted by molar-refractivity contribution is 0.660. The quantitative estimate of drug-likeness (QED) is 0.107. The fourth-order valence-electron chi connectivity index (χ4n) is 17.1. The third-order valence-corrected chi connectivity index (χ3v) is 22.0. The molecule has 2 atom stereocenters. The van der Waals surface area contributed by atoms with Gasteiger partial charge >= 0.3 is 0 Å². The van der Waals surface area contributed by atoms with Gasteiger partial charge in [-0.1, -0.05) is 293 Å². The standard InChI is InChI=1S/C97H76N2/c1-9-67-33-41-73(42-34-67)96(89-57-63(3)29-31-65(89)5)87-27-19-17-25-81(87)85-55-51-79(61-93(85)96)98(75-45-37-71(38-46-75)69-21-13-11-14-22-69)77-49-53-83-84-54-50-78(60-92(84)95(7,8)91(83)59-77)99(76-47-39-72(40-48-76)70-23-15-12-16-24-70)80-52-56-86-82-26-18-20-28-88(82)97(94(86)62-80,74-43-35-68(10-2)36-44-74)90-58-64(4)30-32-66(90)6/h9-62H,1-2H2,3-8H3. The number of hydrogen-bond donors (Lipinski definition) is 0. The summed E-state index contributed by atoms with van der Waals surface area (Å²) in [5.41, 5.74) is 37.0. The average molecular weight is 1270 g/mol. The van der Waals surface area contributed by atoms with E-state index in [4.69, 9.17) is 0 Å². The topological polar surface area (TPSA) is 6.48 Å². The Kier molecular flexibility index (Phi) is 14.6. The number of rotatable bonds is 14. The van der Waals surface area contributed by atoms with Gasteiger partial charge < -0.3 is 9.80 Å². The molecule has 0 heterocycles. The van der Waals surface area contributed by atoms with Gasteiger partial charge in [0, 0.05) is 39.5 Å². The highest BCUT2D eigenvalue weighted by Crippen LogP contribution is 2.61. The first-order chi connectivity index (χ1) is 48.4. The lowest BCUT2D eigenvalue weighted by atomic mass is 9.66. The molecule has 474 valence electrons. The minimum Gasteiger partial charge on any atom is -0.310 e. The van der Waals surface area contributed by atoms with E-state index in [1.165, 1.54) is 134 Å². The highest BCUT2D eigenvalue weighted by atomic mass is 15.1. The lowest BCUT2D eigenvalue weighted by Crippen LogP contribution is -2.30. The van der Waals surface area contributed by atoms with Gasteiger partial charge in [0.1, 0.15) is 0 Å². The molecule has 3 aliphatic carbocycles. The Balaban J connectivity index is 0.832. The van der Waals surface area contributed by atoms with Crippen LogP contribution in [0.1, 0.15) is 103 Å². The summed E-state index contributed by atoms with van der Waals surface area (Å²) in [6.07, 6.45) is 3.88. The van der Waals surface area contributed by atoms with Crippen LogP contribution >= 0.6 is 0 Å². The van der Waals surface area contributed by atoms with Gasteiger partial charge in [0.25, 0.3) is 0 Å². The van der Waals surface area contributed by atoms with Crippen LogP contribution in [-0.4, -0.2) is 0 Å². The van der Waals surface area contributed by atoms with Gasteiger partial charge in [0.05, 0.1) is 10.8 Å². The van der Waals surface area contributed by atoms with Crippen LogP contribution in [0.4, 0.5) is 34.1 Å². The highest BCUT2D eigenvalue weighted by molar-refractivity contribution is 5.94. The Morgan fingerprint density at radius 3 is 0.919 bits per heavy atom. The maximum atomic E-state index is 4.16. The molecular formula is C97H76N2. The molecule has 0 bridgehead atoms. The summed E-state index contributed by atoms with van der Waals surface area (Å²) in [6, 6.07) is 119. The molecule has 0 saturated carbocycles. The van der Waals surface area contributed by atoms with E-state index in [9.17, 15) is 0 Å². The Morgan fingerprint density at radius 2 is 0.556 bits per heavy atom. The van der Waals surface area contributed by atoms with E-state index in [2.05, 4.69) is 380 Å². The maximum Gasteiger partial charge on any atom is 0.0716 e. The molecule has 0 aromatic heterocycles. The van der Waals surface area contributed by atoms with Crippen molar-refractivity contribution in [1.82, 2.24) is 0 Å². The van der Waals surface area contributed by atoms with Crippen molar-refractivity contribution < 1.29 is 0 Å². The van der Waals surface area contributed by atoms with Gasteiger partial charge in [-0.05, 0) is 234 Å². The Labute approximate surface area is 583 Å². The Morgan fingerprint density at radius 1 is 0.253 bits per heavy atom. The summed E-state index contributed by atoms with van der Waals surface area (Å²) >= 11 is 0. The van der Waals surface area contributed by atoms with Crippen molar-refractivity contribution in [1.29, 1.82) is 0 Å². The molecule has 2 heteroatoms. The van der Waals surface area contributed by atoms with Crippen molar-refractivity contribution in [2.75, 3.05) is 9.80 Å². The Hall–Kier alpha value is -11.8. The molecule has 0 amide bonds. The molecular weight excluding hydrogens is 1190 g/mol. The van der Waals surface area contributed by atoms with Crippen molar-refractivity contribution in [3.05, 3.63) is 418 Å². The van der Waals surface area contributed by atoms with E-state index < -0.39 is 16.2 Å². The molecule has 0 fully saturated rings. The number of anilines is 6. The van der Waals surface area contributed by atoms with E-state index >= 15 is 0 Å². The number of nitrogens with zero attached hydrogens (tertiary/aromatic N) is 2. The number of benzene rings is 14. The second-order valence-electron chi connectivity index (χ2n) is 27.9. The predicted octanol–water partition coefficient (Wildman–Crippen LogP) is 25.5. The molecule has 99 heavy (non-hydrogen) atoms. The van der Waals surface area contributed by atoms with Crippen LogP contribution < -0.4 is 9.80 Å². The normalized spacial score (nSPS) is 15.6. The number of fused-ring (bicyclic) bond motifs is 9. The highest BCUT2D eigenvalue weighted by Gasteiger charge is 2.49. The Bertz CT molecular complexity index is 5180. The minimum atomic E-state index is -0.622. The van der Waals surface area contributed by atoms with Crippen molar-refractivity contribution in [2.24, 2.45) is 0 Å². The zero-order valence-electron chi connectivity index (χ0n) is 57.0. The third-order valence-electron chi connectivity index (χ3n) is 22.0. The monoisotopic (exact) mass is 1270 g/mol. The second kappa shape index (κ2) is 23.8. The molecule has 14 aromatic carbocycles. The first-order valence-electron chi connectivity index (χ1n) is 34.7. The van der Waals surface area contributed by atoms with Crippen molar-refractivity contribution in [3.63, 3.8) is 0 Å². The summed E-state index contributed by atoms with van der Waals surface area (Å²) in [6.45, 7) is 22.2. The van der Waals surface area contributed by atoms with E-state index in [0.717, 1.165) is 45.3 Å². The van der Waals surface area contributed by atoms with Crippen LogP contribution in [0.25, 0.3) is 67.8 Å². The summed E-state index contributed by atoms with van der Waals surface area (Å²) < 4.78 is 0. The number of hydrogen-bond acceptors (Lipinski definition) is 2. The van der Waals surface area contributed by atoms with Gasteiger partial charge in [0.2, 0.25) is 0 Å². The van der Waals surface area contributed by atoms with Gasteiger partial charge in [-0.25, -0.2) is 0 Å². The van der Waals surface area contributed by atoms with Gasteiger partial charge in [-0.15, -0.1) is 0 Å². The van der Waals surface area contributed by atoms with Gasteiger partial charge in [-0.3, -0.25) is 0 Å². The average Bonchev–Trinajstić information content (AvgIpc) is 1.56. The van der Waals surface area contributed by atoms with Crippen LogP contribution in [-0.2, 0) is 16.2 Å². The molecule has 2 nitrogen and oxygen atoms in total. The van der Waals surface area contributed by atoms with Gasteiger partial charge in [0.15, 0.2) is 0 Å². The van der Waals surface area contributed by atoms with E-state index in [1.807, 2.05) is 12.2 Å². The SMILES string of the molecule is C=Cc1ccc(C2(c3cc(C)ccc3C)c3ccccc3-c3ccc(N(c4ccc(-c5ccccc5)cc4)c4ccc5c(c4)C(C)(C)c4cc(N(c6ccc(-c7ccccc7)cc6)c6ccc7c(c6)C(c6ccc(C=C)cc6)(c6cc(C)ccc6C)c6ccccc6-7)ccc4-5)cc32)cc1. The van der Waals surface area contributed by atoms with E-state index in [1.54, 1.807) is 0 Å². The fraction of sp³-hybridized carbons (Fsp3) is 0.0928. The van der Waals surface area contributed by atoms with Crippen molar-refractivity contribution in [3.8, 4) is 55.6 Å². The maximum absolute atomic E-state index is 4.16. The third kappa shape index (κ3) is 9.60. The fourth-order valence-corrected chi connectivity index (χ4v) is 17.1. The van der Waals surface area contributed by atoms with Crippen LogP contribution in [0.5, 0.6) is 0 Å². The van der Waals surface area contributed by atoms with E-state index in [0.29, 0.717) is 0 Å². The summed E-state index contributed by atoms with van der Waals surface area (Å²) in [4.78, 5) is 4.99. The summed E-state index contributed by atoms with van der Waals surface area (Å²) in [5, 5.41) is 0. The molecule has 2 unspecified atom stereocenters. The molecule has 0 N–H and O–H groups in total. The second-order valence-corrected chi connectivity index (χ2v) is 27.9. The zero-order chi connectivity index (χ0) is 67.3. The van der Waals surface area contributed by atoms with Crippen LogP contribution in [0.2, 0.25) is 0 Å². The molecule has 0 spiro atoms. The largest absolute Gasteiger partial charge is 0.310 e. The zero-order valence-corrected chi connectivity index (χ0v) is 57.0. The number of aryl methyl sites for hydroxylation is 4. The minimum absolute atomic E-state index is 0.410. The van der Waals surface area contributed by atoms with Crippen molar-refractivity contribution in [2.45, 2.75) is 57.8 Å². The molecule has 17 rings (SSSR count). The van der Waals surface area contributed by atoms with Crippen molar-refractivity contribution >= 4 is 46.3 Å². The molecule has 0 saturated heterocycles. The van der Waals surface area contributed by atoms with Gasteiger partial charge in [-0.2, -0.15) is 0 Å². The smallest absolute Gasteiger partial charge is 0.0716 e. The van der Waals surface area contributed by atoms with Crippen LogP contribution in [0, 0.1) is 27.7 Å². The summed E-state index contributed by atoms with van der Waals surface area (Å²) in [7, 11) is 0. The predicted molar refractivity (Wildman–Crippen MR) is 418 cm³/mol. The molecule has 0 aliphatic heterocycles. The molecule has 0 radical (unpaired) electrons. The van der Waals surface area contributed by atoms with Crippen LogP contribution in [0.15, 0.2) is 329 Å². The van der Waals surface area contributed by atoms with E-state index in [-0.39, 0.29) is 0 Å². The lowest BCUT2D eigenvalue weighted by Gasteiger charge is -2.36. The summed E-state index contributed by atoms with van der Waals surface area (Å²) in [5.74, 6) is 0. The first kappa shape index (κ1) is 60.8. The first-order valence-corrected chi connectivity index (χ1v) is 34.7. The van der Waals surface area contributed by atoms with Crippen LogP contribution in [0.3, 0.4) is 0 Å². The molecule has 3 aliphatic rings. The molecule has 14 aromatic rings.